The van der Waals surface area contributed by atoms with Crippen molar-refractivity contribution < 1.29 is 9.53 Å². The second-order valence-electron chi connectivity index (χ2n) is 4.42. The van der Waals surface area contributed by atoms with Gasteiger partial charge in [-0.1, -0.05) is 6.07 Å². The highest BCUT2D eigenvalue weighted by Crippen LogP contribution is 2.31. The number of amides is 1. The van der Waals surface area contributed by atoms with Gasteiger partial charge in [-0.15, -0.1) is 0 Å². The van der Waals surface area contributed by atoms with E-state index in [0.29, 0.717) is 17.9 Å². The highest BCUT2D eigenvalue weighted by molar-refractivity contribution is 14.1. The maximum absolute atomic E-state index is 12.4. The quantitative estimate of drug-likeness (QED) is 0.786. The molecular weight excluding hydrogens is 367 g/mol. The summed E-state index contributed by atoms with van der Waals surface area (Å²) < 4.78 is 6.74. The molecule has 3 rings (SSSR count). The second-order valence-corrected chi connectivity index (χ2v) is 5.66. The van der Waals surface area contributed by atoms with Gasteiger partial charge in [0.25, 0.3) is 5.91 Å². The summed E-state index contributed by atoms with van der Waals surface area (Å²) >= 11 is 2.23. The van der Waals surface area contributed by atoms with Gasteiger partial charge in [-0.25, -0.2) is 0 Å². The molecule has 20 heavy (non-hydrogen) atoms. The van der Waals surface area contributed by atoms with Crippen LogP contribution in [0, 0.1) is 3.57 Å². The number of ether oxygens (including phenoxy) is 1. The molecule has 2 N–H and O–H groups in total. The first-order valence-electron chi connectivity index (χ1n) is 6.30. The van der Waals surface area contributed by atoms with E-state index in [1.807, 2.05) is 36.4 Å². The molecule has 0 saturated carbocycles. The molecular formula is C15H13IN2O2. The molecule has 102 valence electrons. The van der Waals surface area contributed by atoms with Crippen LogP contribution in [0.15, 0.2) is 42.5 Å². The highest BCUT2D eigenvalue weighted by Gasteiger charge is 2.18. The predicted molar refractivity (Wildman–Crippen MR) is 87.5 cm³/mol. The van der Waals surface area contributed by atoms with Crippen molar-refractivity contribution in [1.82, 2.24) is 0 Å². The summed E-state index contributed by atoms with van der Waals surface area (Å²) in [5.74, 6) is 0.466. The number of rotatable bonds is 2. The average molecular weight is 380 g/mol. The molecule has 5 heteroatoms. The summed E-state index contributed by atoms with van der Waals surface area (Å²) in [7, 11) is 0. The van der Waals surface area contributed by atoms with Crippen LogP contribution in [0.3, 0.4) is 0 Å². The Morgan fingerprint density at radius 3 is 2.80 bits per heavy atom. The molecule has 0 unspecified atom stereocenters. The number of para-hydroxylation sites is 1. The van der Waals surface area contributed by atoms with Gasteiger partial charge in [0, 0.05) is 15.8 Å². The molecule has 1 amide bonds. The van der Waals surface area contributed by atoms with Gasteiger partial charge in [-0.05, 0) is 59.0 Å². The van der Waals surface area contributed by atoms with Crippen LogP contribution in [0.2, 0.25) is 0 Å². The molecule has 0 spiro atoms. The van der Waals surface area contributed by atoms with Gasteiger partial charge in [0.05, 0.1) is 11.3 Å². The van der Waals surface area contributed by atoms with Crippen LogP contribution in [0.1, 0.15) is 10.4 Å². The third kappa shape index (κ3) is 2.72. The first-order chi connectivity index (χ1) is 9.74. The summed E-state index contributed by atoms with van der Waals surface area (Å²) in [5.41, 5.74) is 2.19. The molecule has 4 nitrogen and oxygen atoms in total. The smallest absolute Gasteiger partial charge is 0.259 e. The number of benzene rings is 2. The van der Waals surface area contributed by atoms with Crippen LogP contribution in [-0.4, -0.2) is 19.1 Å². The molecule has 0 bridgehead atoms. The molecule has 0 aromatic heterocycles. The Kier molecular flexibility index (Phi) is 3.77. The lowest BCUT2D eigenvalue weighted by atomic mass is 10.1. The van der Waals surface area contributed by atoms with Crippen molar-refractivity contribution in [3.05, 3.63) is 51.6 Å². The van der Waals surface area contributed by atoms with E-state index in [2.05, 4.69) is 33.2 Å². The minimum absolute atomic E-state index is 0.160. The fraction of sp³-hybridized carbons (Fsp3) is 0.133. The zero-order chi connectivity index (χ0) is 13.9. The Morgan fingerprint density at radius 1 is 1.20 bits per heavy atom. The van der Waals surface area contributed by atoms with Crippen LogP contribution in [-0.2, 0) is 0 Å². The number of halogens is 1. The van der Waals surface area contributed by atoms with Crippen LogP contribution < -0.4 is 15.4 Å². The van der Waals surface area contributed by atoms with Gasteiger partial charge in [0.15, 0.2) is 5.75 Å². The predicted octanol–water partition coefficient (Wildman–Crippen LogP) is 3.35. The number of carbonyl (C=O) groups is 1. The first-order valence-corrected chi connectivity index (χ1v) is 7.38. The lowest BCUT2D eigenvalue weighted by Crippen LogP contribution is -2.21. The molecule has 2 aromatic rings. The number of hydrogen-bond donors (Lipinski definition) is 2. The number of anilines is 2. The maximum atomic E-state index is 12.4. The molecule has 1 aliphatic heterocycles. The molecule has 0 aliphatic carbocycles. The monoisotopic (exact) mass is 380 g/mol. The Hall–Kier alpha value is -1.76. The number of carbonyl (C=O) groups excluding carboxylic acids is 1. The molecule has 2 aromatic carbocycles. The van der Waals surface area contributed by atoms with Crippen molar-refractivity contribution in [3.63, 3.8) is 0 Å². The number of nitrogens with one attached hydrogen (secondary N) is 2. The Balaban J connectivity index is 1.85. The molecule has 0 fully saturated rings. The van der Waals surface area contributed by atoms with E-state index in [1.54, 1.807) is 6.07 Å². The van der Waals surface area contributed by atoms with Crippen molar-refractivity contribution in [2.24, 2.45) is 0 Å². The minimum atomic E-state index is -0.160. The highest BCUT2D eigenvalue weighted by atomic mass is 127. The standard InChI is InChI=1S/C15H13IN2O2/c16-10-4-6-11(7-5-10)18-15(19)12-2-1-3-13-14(12)20-9-8-17-13/h1-7,17H,8-9H2,(H,18,19). The molecule has 0 atom stereocenters. The van der Waals surface area contributed by atoms with Crippen LogP contribution in [0.4, 0.5) is 11.4 Å². The van der Waals surface area contributed by atoms with E-state index < -0.39 is 0 Å². The van der Waals surface area contributed by atoms with Gasteiger partial charge in [-0.2, -0.15) is 0 Å². The van der Waals surface area contributed by atoms with Crippen molar-refractivity contribution >= 4 is 39.9 Å². The van der Waals surface area contributed by atoms with Gasteiger partial charge >= 0.3 is 0 Å². The average Bonchev–Trinajstić information content (AvgIpc) is 2.49. The zero-order valence-electron chi connectivity index (χ0n) is 10.7. The van der Waals surface area contributed by atoms with Crippen molar-refractivity contribution in [2.75, 3.05) is 23.8 Å². The molecule has 0 saturated heterocycles. The van der Waals surface area contributed by atoms with Crippen LogP contribution in [0.25, 0.3) is 0 Å². The van der Waals surface area contributed by atoms with E-state index in [1.165, 1.54) is 0 Å². The Labute approximate surface area is 130 Å². The lowest BCUT2D eigenvalue weighted by molar-refractivity contribution is 0.102. The summed E-state index contributed by atoms with van der Waals surface area (Å²) in [4.78, 5) is 12.4. The van der Waals surface area contributed by atoms with Crippen molar-refractivity contribution in [2.45, 2.75) is 0 Å². The van der Waals surface area contributed by atoms with Gasteiger partial charge in [-0.3, -0.25) is 4.79 Å². The van der Waals surface area contributed by atoms with Gasteiger partial charge in [0.1, 0.15) is 6.61 Å². The lowest BCUT2D eigenvalue weighted by Gasteiger charge is -2.21. The van der Waals surface area contributed by atoms with E-state index in [0.717, 1.165) is 21.5 Å². The van der Waals surface area contributed by atoms with Crippen molar-refractivity contribution in [1.29, 1.82) is 0 Å². The summed E-state index contributed by atoms with van der Waals surface area (Å²) in [6.07, 6.45) is 0. The van der Waals surface area contributed by atoms with E-state index in [9.17, 15) is 4.79 Å². The molecule has 1 aliphatic rings. The largest absolute Gasteiger partial charge is 0.489 e. The molecule has 1 heterocycles. The van der Waals surface area contributed by atoms with Gasteiger partial charge in [0.2, 0.25) is 0 Å². The van der Waals surface area contributed by atoms with E-state index in [-0.39, 0.29) is 5.91 Å². The normalized spacial score (nSPS) is 12.8. The number of hydrogen-bond acceptors (Lipinski definition) is 3. The SMILES string of the molecule is O=C(Nc1ccc(I)cc1)c1cccc2c1OCCN2. The summed E-state index contributed by atoms with van der Waals surface area (Å²) in [6, 6.07) is 13.2. The third-order valence-electron chi connectivity index (χ3n) is 3.03. The second kappa shape index (κ2) is 5.70. The Bertz CT molecular complexity index is 641. The zero-order valence-corrected chi connectivity index (χ0v) is 12.8. The van der Waals surface area contributed by atoms with E-state index in [4.69, 9.17) is 4.74 Å². The summed E-state index contributed by atoms with van der Waals surface area (Å²) in [5, 5.41) is 6.11. The van der Waals surface area contributed by atoms with E-state index >= 15 is 0 Å². The topological polar surface area (TPSA) is 50.4 Å². The fourth-order valence-corrected chi connectivity index (χ4v) is 2.44. The Morgan fingerprint density at radius 2 is 2.00 bits per heavy atom. The van der Waals surface area contributed by atoms with Crippen LogP contribution >= 0.6 is 22.6 Å². The molecule has 0 radical (unpaired) electrons. The summed E-state index contributed by atoms with van der Waals surface area (Å²) in [6.45, 7) is 1.33. The fourth-order valence-electron chi connectivity index (χ4n) is 2.08. The minimum Gasteiger partial charge on any atom is -0.489 e. The van der Waals surface area contributed by atoms with Crippen molar-refractivity contribution in [3.8, 4) is 5.75 Å². The maximum Gasteiger partial charge on any atom is 0.259 e. The first kappa shape index (κ1) is 13.2. The third-order valence-corrected chi connectivity index (χ3v) is 3.74. The number of fused-ring (bicyclic) bond motifs is 1. The van der Waals surface area contributed by atoms with Gasteiger partial charge < -0.3 is 15.4 Å². The van der Waals surface area contributed by atoms with Crippen LogP contribution in [0.5, 0.6) is 5.75 Å².